The maximum absolute atomic E-state index is 2.56. The maximum atomic E-state index is 2.56. The molecule has 0 aliphatic heterocycles. The Bertz CT molecular complexity index is 556. The van der Waals surface area contributed by atoms with Gasteiger partial charge in [0.15, 0.2) is 0 Å². The summed E-state index contributed by atoms with van der Waals surface area (Å²) in [4.78, 5) is 0. The third-order valence-electron chi connectivity index (χ3n) is 7.41. The third kappa shape index (κ3) is 6.23. The first-order valence-electron chi connectivity index (χ1n) is 12.1. The standard InChI is InChI=1S/C27H42/c1-3-5-6-7-8-9-23-12-16-25(17-13-23)27-20-18-26(19-21-27)24-14-10-22(4-2)11-15-24/h16,18-24H,3-15,17H2,1-2H3. The molecule has 1 unspecified atom stereocenters. The molecule has 0 heteroatoms. The van der Waals surface area contributed by atoms with Gasteiger partial charge in [-0.05, 0) is 79.4 Å². The average Bonchev–Trinajstić information content (AvgIpc) is 2.74. The van der Waals surface area contributed by atoms with Gasteiger partial charge in [0.25, 0.3) is 0 Å². The van der Waals surface area contributed by atoms with Gasteiger partial charge >= 0.3 is 0 Å². The van der Waals surface area contributed by atoms with Crippen molar-refractivity contribution >= 4 is 5.57 Å². The Kier molecular flexibility index (Phi) is 8.49. The minimum atomic E-state index is 0.819. The van der Waals surface area contributed by atoms with Gasteiger partial charge in [0.1, 0.15) is 0 Å². The Labute approximate surface area is 168 Å². The van der Waals surface area contributed by atoms with Crippen LogP contribution < -0.4 is 0 Å². The van der Waals surface area contributed by atoms with Crippen LogP contribution >= 0.6 is 0 Å². The van der Waals surface area contributed by atoms with Crippen molar-refractivity contribution in [2.45, 2.75) is 110 Å². The predicted octanol–water partition coefficient (Wildman–Crippen LogP) is 8.91. The minimum absolute atomic E-state index is 0.819. The maximum Gasteiger partial charge on any atom is -0.0162 e. The monoisotopic (exact) mass is 366 g/mol. The lowest BCUT2D eigenvalue weighted by atomic mass is 9.77. The van der Waals surface area contributed by atoms with Gasteiger partial charge in [-0.3, -0.25) is 0 Å². The molecule has 3 rings (SSSR count). The zero-order chi connectivity index (χ0) is 18.9. The summed E-state index contributed by atoms with van der Waals surface area (Å²) in [5.74, 6) is 2.76. The summed E-state index contributed by atoms with van der Waals surface area (Å²) in [6.45, 7) is 4.66. The van der Waals surface area contributed by atoms with Crippen LogP contribution in [-0.2, 0) is 0 Å². The van der Waals surface area contributed by atoms with Gasteiger partial charge in [0.05, 0.1) is 0 Å². The van der Waals surface area contributed by atoms with E-state index in [0.29, 0.717) is 0 Å². The fourth-order valence-corrected chi connectivity index (χ4v) is 5.32. The molecule has 0 spiro atoms. The second kappa shape index (κ2) is 11.1. The Balaban J connectivity index is 1.45. The molecule has 0 radical (unpaired) electrons. The SMILES string of the molecule is CCCCCCCC1CC=C(c2ccc(C3CCC(CC)CC3)cc2)CC1. The first kappa shape index (κ1) is 20.7. The molecule has 27 heavy (non-hydrogen) atoms. The fourth-order valence-electron chi connectivity index (χ4n) is 5.32. The predicted molar refractivity (Wildman–Crippen MR) is 120 cm³/mol. The van der Waals surface area contributed by atoms with Gasteiger partial charge in [-0.15, -0.1) is 0 Å². The number of allylic oxidation sites excluding steroid dienone is 2. The molecule has 1 atom stereocenters. The molecule has 2 aliphatic rings. The van der Waals surface area contributed by atoms with E-state index in [2.05, 4.69) is 44.2 Å². The van der Waals surface area contributed by atoms with Crippen molar-refractivity contribution in [3.05, 3.63) is 41.5 Å². The first-order chi connectivity index (χ1) is 13.3. The zero-order valence-electron chi connectivity index (χ0n) is 18.0. The second-order valence-corrected chi connectivity index (χ2v) is 9.32. The van der Waals surface area contributed by atoms with Crippen LogP contribution in [0.4, 0.5) is 0 Å². The van der Waals surface area contributed by atoms with Crippen LogP contribution in [0.1, 0.15) is 121 Å². The van der Waals surface area contributed by atoms with E-state index in [1.54, 1.807) is 11.1 Å². The van der Waals surface area contributed by atoms with Crippen molar-refractivity contribution in [2.75, 3.05) is 0 Å². The van der Waals surface area contributed by atoms with E-state index >= 15 is 0 Å². The van der Waals surface area contributed by atoms with Crippen molar-refractivity contribution in [1.82, 2.24) is 0 Å². The Morgan fingerprint density at radius 3 is 2.15 bits per heavy atom. The van der Waals surface area contributed by atoms with Crippen molar-refractivity contribution in [2.24, 2.45) is 11.8 Å². The van der Waals surface area contributed by atoms with Gasteiger partial charge in [-0.2, -0.15) is 0 Å². The van der Waals surface area contributed by atoms with E-state index in [4.69, 9.17) is 0 Å². The summed E-state index contributed by atoms with van der Waals surface area (Å²) >= 11 is 0. The summed E-state index contributed by atoms with van der Waals surface area (Å²) < 4.78 is 0. The first-order valence-corrected chi connectivity index (χ1v) is 12.1. The molecule has 1 aromatic rings. The molecule has 0 bridgehead atoms. The van der Waals surface area contributed by atoms with Crippen molar-refractivity contribution in [3.8, 4) is 0 Å². The number of hydrogen-bond donors (Lipinski definition) is 0. The lowest BCUT2D eigenvalue weighted by Gasteiger charge is -2.28. The number of benzene rings is 1. The lowest BCUT2D eigenvalue weighted by Crippen LogP contribution is -2.12. The summed E-state index contributed by atoms with van der Waals surface area (Å²) in [6.07, 6.45) is 22.2. The highest BCUT2D eigenvalue weighted by Crippen LogP contribution is 2.38. The van der Waals surface area contributed by atoms with Crippen LogP contribution in [0.2, 0.25) is 0 Å². The van der Waals surface area contributed by atoms with E-state index in [1.807, 2.05) is 0 Å². The molecular formula is C27H42. The van der Waals surface area contributed by atoms with Gasteiger partial charge in [-0.1, -0.05) is 89.1 Å². The molecule has 0 amide bonds. The van der Waals surface area contributed by atoms with Gasteiger partial charge in [-0.25, -0.2) is 0 Å². The van der Waals surface area contributed by atoms with Crippen LogP contribution in [-0.4, -0.2) is 0 Å². The summed E-state index contributed by atoms with van der Waals surface area (Å²) in [7, 11) is 0. The van der Waals surface area contributed by atoms with Crippen LogP contribution in [0, 0.1) is 11.8 Å². The number of rotatable bonds is 9. The highest BCUT2D eigenvalue weighted by atomic mass is 14.3. The van der Waals surface area contributed by atoms with Gasteiger partial charge in [0.2, 0.25) is 0 Å². The highest BCUT2D eigenvalue weighted by Gasteiger charge is 2.21. The van der Waals surface area contributed by atoms with E-state index < -0.39 is 0 Å². The van der Waals surface area contributed by atoms with E-state index in [0.717, 1.165) is 17.8 Å². The molecule has 1 saturated carbocycles. The molecule has 2 aliphatic carbocycles. The molecule has 150 valence electrons. The van der Waals surface area contributed by atoms with Crippen LogP contribution in [0.5, 0.6) is 0 Å². The smallest absolute Gasteiger partial charge is 0.0162 e. The molecule has 0 N–H and O–H groups in total. The molecule has 0 nitrogen and oxygen atoms in total. The Morgan fingerprint density at radius 1 is 0.778 bits per heavy atom. The largest absolute Gasteiger partial charge is 0.0804 e. The normalized spacial score (nSPS) is 26.0. The van der Waals surface area contributed by atoms with Crippen molar-refractivity contribution in [1.29, 1.82) is 0 Å². The number of hydrogen-bond acceptors (Lipinski definition) is 0. The summed E-state index contributed by atoms with van der Waals surface area (Å²) in [5.41, 5.74) is 4.69. The van der Waals surface area contributed by atoms with Crippen LogP contribution in [0.3, 0.4) is 0 Å². The molecular weight excluding hydrogens is 324 g/mol. The average molecular weight is 367 g/mol. The molecule has 1 fully saturated rings. The van der Waals surface area contributed by atoms with Crippen molar-refractivity contribution < 1.29 is 0 Å². The van der Waals surface area contributed by atoms with Crippen molar-refractivity contribution in [3.63, 3.8) is 0 Å². The quantitative estimate of drug-likeness (QED) is 0.383. The van der Waals surface area contributed by atoms with Crippen LogP contribution in [0.15, 0.2) is 30.3 Å². The Hall–Kier alpha value is -1.04. The lowest BCUT2D eigenvalue weighted by molar-refractivity contribution is 0.319. The van der Waals surface area contributed by atoms with Gasteiger partial charge < -0.3 is 0 Å². The fraction of sp³-hybridized carbons (Fsp3) is 0.704. The van der Waals surface area contributed by atoms with E-state index in [1.165, 1.54) is 95.5 Å². The second-order valence-electron chi connectivity index (χ2n) is 9.32. The number of unbranched alkanes of at least 4 members (excludes halogenated alkanes) is 4. The third-order valence-corrected chi connectivity index (χ3v) is 7.41. The summed E-state index contributed by atoms with van der Waals surface area (Å²) in [5, 5.41) is 0. The minimum Gasteiger partial charge on any atom is -0.0804 e. The summed E-state index contributed by atoms with van der Waals surface area (Å²) in [6, 6.07) is 9.70. The Morgan fingerprint density at radius 2 is 1.52 bits per heavy atom. The molecule has 0 saturated heterocycles. The van der Waals surface area contributed by atoms with E-state index in [-0.39, 0.29) is 0 Å². The topological polar surface area (TPSA) is 0 Å². The zero-order valence-corrected chi connectivity index (χ0v) is 18.0. The van der Waals surface area contributed by atoms with Gasteiger partial charge in [0, 0.05) is 0 Å². The molecule has 0 heterocycles. The van der Waals surface area contributed by atoms with E-state index in [9.17, 15) is 0 Å². The van der Waals surface area contributed by atoms with Crippen LogP contribution in [0.25, 0.3) is 5.57 Å². The molecule has 0 aromatic heterocycles. The molecule has 1 aromatic carbocycles. The highest BCUT2D eigenvalue weighted by molar-refractivity contribution is 5.66.